The Bertz CT molecular complexity index is 551. The molecule has 0 amide bonds. The highest BCUT2D eigenvalue weighted by Gasteiger charge is 2.10. The van der Waals surface area contributed by atoms with Crippen LogP contribution in [0.25, 0.3) is 0 Å². The molecule has 0 fully saturated rings. The second-order valence-electron chi connectivity index (χ2n) is 4.57. The average molecular weight is 262 g/mol. The maximum atomic E-state index is 14.0. The Kier molecular flexibility index (Phi) is 4.22. The molecule has 0 aliphatic heterocycles. The molecule has 0 aliphatic rings. The van der Waals surface area contributed by atoms with Crippen molar-refractivity contribution in [2.75, 3.05) is 7.11 Å². The lowest BCUT2D eigenvalue weighted by atomic mass is 10.1. The molecule has 0 spiro atoms. The Morgan fingerprint density at radius 1 is 1.37 bits per heavy atom. The summed E-state index contributed by atoms with van der Waals surface area (Å²) in [5, 5.41) is 0. The van der Waals surface area contributed by atoms with Gasteiger partial charge in [-0.1, -0.05) is 19.1 Å². The molecule has 2 rings (SSSR count). The molecule has 0 aliphatic carbocycles. The highest BCUT2D eigenvalue weighted by atomic mass is 19.1. The SMILES string of the molecule is CCC(N)c1ccn(Cc2cccc(OC)c2F)c1. The Labute approximate surface area is 112 Å². The van der Waals surface area contributed by atoms with E-state index in [1.165, 1.54) is 7.11 Å². The fourth-order valence-electron chi connectivity index (χ4n) is 2.05. The molecule has 1 heterocycles. The van der Waals surface area contributed by atoms with Crippen molar-refractivity contribution >= 4 is 0 Å². The van der Waals surface area contributed by atoms with Crippen LogP contribution in [0.1, 0.15) is 30.5 Å². The van der Waals surface area contributed by atoms with E-state index in [1.807, 2.05) is 30.0 Å². The van der Waals surface area contributed by atoms with E-state index in [9.17, 15) is 4.39 Å². The summed E-state index contributed by atoms with van der Waals surface area (Å²) < 4.78 is 20.9. The van der Waals surface area contributed by atoms with Crippen molar-refractivity contribution in [2.45, 2.75) is 25.9 Å². The lowest BCUT2D eigenvalue weighted by Crippen LogP contribution is -2.07. The van der Waals surface area contributed by atoms with Crippen molar-refractivity contribution in [3.8, 4) is 5.75 Å². The van der Waals surface area contributed by atoms with Gasteiger partial charge in [-0.15, -0.1) is 0 Å². The summed E-state index contributed by atoms with van der Waals surface area (Å²) in [5.74, 6) is -0.0322. The lowest BCUT2D eigenvalue weighted by Gasteiger charge is -2.09. The topological polar surface area (TPSA) is 40.2 Å². The van der Waals surface area contributed by atoms with E-state index >= 15 is 0 Å². The van der Waals surface area contributed by atoms with Crippen molar-refractivity contribution in [3.05, 3.63) is 53.6 Å². The first kappa shape index (κ1) is 13.6. The van der Waals surface area contributed by atoms with Crippen molar-refractivity contribution in [1.82, 2.24) is 4.57 Å². The standard InChI is InChI=1S/C15H19FN2O/c1-3-13(17)11-7-8-18(9-11)10-12-5-4-6-14(19-2)15(12)16/h4-9,13H,3,10,17H2,1-2H3. The number of rotatable bonds is 5. The van der Waals surface area contributed by atoms with Crippen molar-refractivity contribution in [1.29, 1.82) is 0 Å². The van der Waals surface area contributed by atoms with Gasteiger partial charge >= 0.3 is 0 Å². The molecule has 2 aromatic rings. The zero-order valence-corrected chi connectivity index (χ0v) is 11.3. The highest BCUT2D eigenvalue weighted by Crippen LogP contribution is 2.21. The minimum Gasteiger partial charge on any atom is -0.494 e. The molecule has 102 valence electrons. The lowest BCUT2D eigenvalue weighted by molar-refractivity contribution is 0.383. The van der Waals surface area contributed by atoms with Crippen LogP contribution in [-0.4, -0.2) is 11.7 Å². The van der Waals surface area contributed by atoms with Crippen LogP contribution < -0.4 is 10.5 Å². The first-order valence-electron chi connectivity index (χ1n) is 6.38. The fourth-order valence-corrected chi connectivity index (χ4v) is 2.05. The van der Waals surface area contributed by atoms with E-state index in [2.05, 4.69) is 0 Å². The molecule has 19 heavy (non-hydrogen) atoms. The quantitative estimate of drug-likeness (QED) is 0.899. The maximum absolute atomic E-state index is 14.0. The van der Waals surface area contributed by atoms with Gasteiger partial charge in [0.15, 0.2) is 11.6 Å². The van der Waals surface area contributed by atoms with Gasteiger partial charge in [0.2, 0.25) is 0 Å². The normalized spacial score (nSPS) is 12.4. The number of benzene rings is 1. The fraction of sp³-hybridized carbons (Fsp3) is 0.333. The van der Waals surface area contributed by atoms with Crippen LogP contribution in [0.2, 0.25) is 0 Å². The molecule has 0 radical (unpaired) electrons. The van der Waals surface area contributed by atoms with Crippen LogP contribution in [0.3, 0.4) is 0 Å². The van der Waals surface area contributed by atoms with Crippen LogP contribution >= 0.6 is 0 Å². The third kappa shape index (κ3) is 2.96. The van der Waals surface area contributed by atoms with Gasteiger partial charge in [-0.25, -0.2) is 4.39 Å². The predicted molar refractivity (Wildman–Crippen MR) is 73.7 cm³/mol. The van der Waals surface area contributed by atoms with E-state index in [0.717, 1.165) is 12.0 Å². The van der Waals surface area contributed by atoms with Crippen LogP contribution in [0.5, 0.6) is 5.75 Å². The van der Waals surface area contributed by atoms with Crippen molar-refractivity contribution in [3.63, 3.8) is 0 Å². The third-order valence-corrected chi connectivity index (χ3v) is 3.26. The molecule has 1 unspecified atom stereocenters. The van der Waals surface area contributed by atoms with Gasteiger partial charge < -0.3 is 15.0 Å². The van der Waals surface area contributed by atoms with Gasteiger partial charge in [-0.3, -0.25) is 0 Å². The van der Waals surface area contributed by atoms with Gasteiger partial charge in [0.1, 0.15) is 0 Å². The number of nitrogens with zero attached hydrogens (tertiary/aromatic N) is 1. The highest BCUT2D eigenvalue weighted by molar-refractivity contribution is 5.31. The van der Waals surface area contributed by atoms with Crippen LogP contribution in [0, 0.1) is 5.82 Å². The number of halogens is 1. The molecule has 3 nitrogen and oxygen atoms in total. The second-order valence-corrected chi connectivity index (χ2v) is 4.57. The Hall–Kier alpha value is -1.81. The molecule has 4 heteroatoms. The Morgan fingerprint density at radius 3 is 2.84 bits per heavy atom. The maximum Gasteiger partial charge on any atom is 0.170 e. The van der Waals surface area contributed by atoms with Gasteiger partial charge in [0, 0.05) is 24.0 Å². The van der Waals surface area contributed by atoms with Gasteiger partial charge in [0.05, 0.1) is 13.7 Å². The summed E-state index contributed by atoms with van der Waals surface area (Å²) >= 11 is 0. The van der Waals surface area contributed by atoms with Crippen molar-refractivity contribution < 1.29 is 9.13 Å². The van der Waals surface area contributed by atoms with Gasteiger partial charge in [-0.2, -0.15) is 0 Å². The summed E-state index contributed by atoms with van der Waals surface area (Å²) in [7, 11) is 1.47. The number of hydrogen-bond donors (Lipinski definition) is 1. The first-order chi connectivity index (χ1) is 9.15. The zero-order valence-electron chi connectivity index (χ0n) is 11.3. The molecule has 2 N–H and O–H groups in total. The first-order valence-corrected chi connectivity index (χ1v) is 6.38. The second kappa shape index (κ2) is 5.89. The van der Waals surface area contributed by atoms with Gasteiger partial charge in [-0.05, 0) is 24.1 Å². The largest absolute Gasteiger partial charge is 0.494 e. The number of ether oxygens (including phenoxy) is 1. The Balaban J connectivity index is 2.19. The molecular weight excluding hydrogens is 243 g/mol. The van der Waals surface area contributed by atoms with E-state index in [4.69, 9.17) is 10.5 Å². The smallest absolute Gasteiger partial charge is 0.170 e. The van der Waals surface area contributed by atoms with Crippen LogP contribution in [0.4, 0.5) is 4.39 Å². The number of methoxy groups -OCH3 is 1. The van der Waals surface area contributed by atoms with E-state index in [1.54, 1.807) is 18.2 Å². The van der Waals surface area contributed by atoms with Crippen LogP contribution in [0.15, 0.2) is 36.7 Å². The Morgan fingerprint density at radius 2 is 2.16 bits per heavy atom. The zero-order chi connectivity index (χ0) is 13.8. The van der Waals surface area contributed by atoms with Crippen LogP contribution in [-0.2, 0) is 6.54 Å². The number of hydrogen-bond acceptors (Lipinski definition) is 2. The minimum absolute atomic E-state index is 0.0383. The molecule has 1 atom stereocenters. The summed E-state index contributed by atoms with van der Waals surface area (Å²) in [6.07, 6.45) is 4.77. The van der Waals surface area contributed by atoms with Gasteiger partial charge in [0.25, 0.3) is 0 Å². The minimum atomic E-state index is -0.306. The van der Waals surface area contributed by atoms with E-state index in [-0.39, 0.29) is 17.6 Å². The molecule has 0 saturated carbocycles. The molecule has 0 bridgehead atoms. The number of nitrogens with two attached hydrogens (primary N) is 1. The summed E-state index contributed by atoms with van der Waals surface area (Å²) in [5.41, 5.74) is 7.65. The molecule has 0 saturated heterocycles. The predicted octanol–water partition coefficient (Wildman–Crippen LogP) is 3.09. The average Bonchev–Trinajstić information content (AvgIpc) is 2.89. The third-order valence-electron chi connectivity index (χ3n) is 3.26. The summed E-state index contributed by atoms with van der Waals surface area (Å²) in [6.45, 7) is 2.52. The van der Waals surface area contributed by atoms with Crippen molar-refractivity contribution in [2.24, 2.45) is 5.73 Å². The molecule has 1 aromatic carbocycles. The summed E-state index contributed by atoms with van der Waals surface area (Å²) in [4.78, 5) is 0. The van der Waals surface area contributed by atoms with E-state index in [0.29, 0.717) is 12.1 Å². The monoisotopic (exact) mass is 262 g/mol. The molecular formula is C15H19FN2O. The van der Waals surface area contributed by atoms with E-state index < -0.39 is 0 Å². The number of aromatic nitrogens is 1. The molecule has 1 aromatic heterocycles. The summed E-state index contributed by atoms with van der Waals surface area (Å²) in [6, 6.07) is 7.19.